The second kappa shape index (κ2) is 8.41. The molecule has 0 spiro atoms. The first-order chi connectivity index (χ1) is 11.3. The lowest BCUT2D eigenvalue weighted by molar-refractivity contribution is -0.124. The van der Waals surface area contributed by atoms with Crippen LogP contribution in [-0.2, 0) is 4.79 Å². The predicted molar refractivity (Wildman–Crippen MR) is 97.1 cm³/mol. The SMILES string of the molecule is CC(C)C(=O)[C@H](CN1CCN(C(C)C)CC1)c1ccc(Cl)c(F)c1. The number of carbonyl (C=O) groups is 1. The highest BCUT2D eigenvalue weighted by molar-refractivity contribution is 6.30. The zero-order chi connectivity index (χ0) is 17.9. The van der Waals surface area contributed by atoms with Gasteiger partial charge in [0.1, 0.15) is 11.6 Å². The molecular formula is C19H28ClFN2O. The Kier molecular flexibility index (Phi) is 6.79. The largest absolute Gasteiger partial charge is 0.300 e. The quantitative estimate of drug-likeness (QED) is 0.776. The molecule has 1 aromatic rings. The molecule has 0 saturated carbocycles. The molecule has 0 aliphatic carbocycles. The van der Waals surface area contributed by atoms with Crippen molar-refractivity contribution in [2.45, 2.75) is 39.7 Å². The number of rotatable bonds is 6. The number of hydrogen-bond donors (Lipinski definition) is 0. The lowest BCUT2D eigenvalue weighted by Gasteiger charge is -2.38. The van der Waals surface area contributed by atoms with Crippen LogP contribution in [0.25, 0.3) is 0 Å². The van der Waals surface area contributed by atoms with Crippen LogP contribution >= 0.6 is 11.6 Å². The molecular weight excluding hydrogens is 327 g/mol. The summed E-state index contributed by atoms with van der Waals surface area (Å²) < 4.78 is 13.9. The molecule has 1 fully saturated rings. The van der Waals surface area contributed by atoms with Gasteiger partial charge in [0.15, 0.2) is 0 Å². The van der Waals surface area contributed by atoms with Gasteiger partial charge >= 0.3 is 0 Å². The van der Waals surface area contributed by atoms with Crippen molar-refractivity contribution in [3.63, 3.8) is 0 Å². The summed E-state index contributed by atoms with van der Waals surface area (Å²) in [7, 11) is 0. The van der Waals surface area contributed by atoms with E-state index < -0.39 is 5.82 Å². The van der Waals surface area contributed by atoms with E-state index in [1.807, 2.05) is 13.8 Å². The number of Topliss-reactive ketones (excluding diaryl/α,β-unsaturated/α-hetero) is 1. The topological polar surface area (TPSA) is 23.6 Å². The molecule has 0 N–H and O–H groups in total. The van der Waals surface area contributed by atoms with Crippen molar-refractivity contribution in [2.75, 3.05) is 32.7 Å². The summed E-state index contributed by atoms with van der Waals surface area (Å²) in [5.41, 5.74) is 0.724. The molecule has 1 heterocycles. The van der Waals surface area contributed by atoms with Gasteiger partial charge in [0.05, 0.1) is 10.9 Å². The van der Waals surface area contributed by atoms with Crippen LogP contribution in [0, 0.1) is 11.7 Å². The van der Waals surface area contributed by atoms with Crippen LogP contribution in [0.1, 0.15) is 39.2 Å². The highest BCUT2D eigenvalue weighted by Gasteiger charge is 2.28. The summed E-state index contributed by atoms with van der Waals surface area (Å²) in [5.74, 6) is -0.684. The Bertz CT molecular complexity index is 568. The number of nitrogens with zero attached hydrogens (tertiary/aromatic N) is 2. The van der Waals surface area contributed by atoms with Gasteiger partial charge in [-0.2, -0.15) is 0 Å². The number of carbonyl (C=O) groups excluding carboxylic acids is 1. The molecule has 1 saturated heterocycles. The minimum absolute atomic E-state index is 0.0781. The minimum atomic E-state index is -0.458. The van der Waals surface area contributed by atoms with Crippen molar-refractivity contribution < 1.29 is 9.18 Å². The summed E-state index contributed by atoms with van der Waals surface area (Å²) >= 11 is 5.79. The van der Waals surface area contributed by atoms with Gasteiger partial charge in [0.2, 0.25) is 0 Å². The van der Waals surface area contributed by atoms with Gasteiger partial charge in [-0.15, -0.1) is 0 Å². The van der Waals surface area contributed by atoms with E-state index in [-0.39, 0.29) is 22.6 Å². The Morgan fingerprint density at radius 2 is 1.79 bits per heavy atom. The number of hydrogen-bond acceptors (Lipinski definition) is 3. The Morgan fingerprint density at radius 1 is 1.17 bits per heavy atom. The Morgan fingerprint density at radius 3 is 2.29 bits per heavy atom. The second-order valence-electron chi connectivity index (χ2n) is 7.21. The monoisotopic (exact) mass is 354 g/mol. The van der Waals surface area contributed by atoms with E-state index in [1.165, 1.54) is 6.07 Å². The fourth-order valence-electron chi connectivity index (χ4n) is 3.21. The van der Waals surface area contributed by atoms with E-state index in [0.29, 0.717) is 12.6 Å². The third-order valence-corrected chi connectivity index (χ3v) is 5.14. The van der Waals surface area contributed by atoms with Gasteiger partial charge in [-0.3, -0.25) is 14.6 Å². The van der Waals surface area contributed by atoms with Crippen molar-refractivity contribution in [3.8, 4) is 0 Å². The second-order valence-corrected chi connectivity index (χ2v) is 7.62. The van der Waals surface area contributed by atoms with Crippen LogP contribution in [0.15, 0.2) is 18.2 Å². The first kappa shape index (κ1) is 19.4. The van der Waals surface area contributed by atoms with Crippen LogP contribution in [0.2, 0.25) is 5.02 Å². The number of piperazine rings is 1. The fourth-order valence-corrected chi connectivity index (χ4v) is 3.33. The summed E-state index contributed by atoms with van der Waals surface area (Å²) in [6, 6.07) is 5.28. The molecule has 0 unspecified atom stereocenters. The van der Waals surface area contributed by atoms with Gasteiger partial charge in [-0.05, 0) is 31.5 Å². The Hall–Kier alpha value is -0.970. The summed E-state index contributed by atoms with van der Waals surface area (Å²) in [6.07, 6.45) is 0. The van der Waals surface area contributed by atoms with Crippen molar-refractivity contribution in [1.82, 2.24) is 9.80 Å². The van der Waals surface area contributed by atoms with Gasteiger partial charge in [0.25, 0.3) is 0 Å². The standard InChI is InChI=1S/C19H28ClFN2O/c1-13(2)19(24)16(15-5-6-17(20)18(21)11-15)12-22-7-9-23(10-8-22)14(3)4/h5-6,11,13-14,16H,7-10,12H2,1-4H3/t16-/m1/s1. The van der Waals surface area contributed by atoms with Gasteiger partial charge < -0.3 is 0 Å². The lowest BCUT2D eigenvalue weighted by Crippen LogP contribution is -2.50. The zero-order valence-corrected chi connectivity index (χ0v) is 15.8. The van der Waals surface area contributed by atoms with Gasteiger partial charge in [0, 0.05) is 44.7 Å². The summed E-state index contributed by atoms with van der Waals surface area (Å²) in [5, 5.41) is 0.0973. The van der Waals surface area contributed by atoms with E-state index in [0.717, 1.165) is 31.7 Å². The molecule has 24 heavy (non-hydrogen) atoms. The van der Waals surface area contributed by atoms with Crippen LogP contribution in [-0.4, -0.2) is 54.3 Å². The van der Waals surface area contributed by atoms with E-state index >= 15 is 0 Å². The maximum absolute atomic E-state index is 13.9. The van der Waals surface area contributed by atoms with Crippen molar-refractivity contribution in [2.24, 2.45) is 5.92 Å². The molecule has 0 amide bonds. The maximum Gasteiger partial charge on any atom is 0.144 e. The molecule has 2 rings (SSSR count). The van der Waals surface area contributed by atoms with E-state index in [4.69, 9.17) is 11.6 Å². The Balaban J connectivity index is 2.13. The first-order valence-corrected chi connectivity index (χ1v) is 9.12. The minimum Gasteiger partial charge on any atom is -0.300 e. The van der Waals surface area contributed by atoms with E-state index in [9.17, 15) is 9.18 Å². The molecule has 134 valence electrons. The average Bonchev–Trinajstić information content (AvgIpc) is 2.55. The molecule has 1 atom stereocenters. The smallest absolute Gasteiger partial charge is 0.144 e. The average molecular weight is 355 g/mol. The summed E-state index contributed by atoms with van der Waals surface area (Å²) in [4.78, 5) is 17.5. The molecule has 1 aromatic carbocycles. The highest BCUT2D eigenvalue weighted by atomic mass is 35.5. The molecule has 0 bridgehead atoms. The normalized spacial score (nSPS) is 18.3. The first-order valence-electron chi connectivity index (χ1n) is 8.74. The molecule has 5 heteroatoms. The number of benzene rings is 1. The molecule has 0 radical (unpaired) electrons. The van der Waals surface area contributed by atoms with Gasteiger partial charge in [-0.25, -0.2) is 4.39 Å². The molecule has 0 aromatic heterocycles. The van der Waals surface area contributed by atoms with E-state index in [2.05, 4.69) is 23.6 Å². The molecule has 1 aliphatic rings. The van der Waals surface area contributed by atoms with Crippen molar-refractivity contribution in [3.05, 3.63) is 34.6 Å². The number of halogens is 2. The van der Waals surface area contributed by atoms with Crippen molar-refractivity contribution in [1.29, 1.82) is 0 Å². The number of ketones is 1. The van der Waals surface area contributed by atoms with Crippen molar-refractivity contribution >= 4 is 17.4 Å². The van der Waals surface area contributed by atoms with Crippen LogP contribution in [0.5, 0.6) is 0 Å². The van der Waals surface area contributed by atoms with Gasteiger partial charge in [-0.1, -0.05) is 31.5 Å². The molecule has 3 nitrogen and oxygen atoms in total. The molecule has 1 aliphatic heterocycles. The fraction of sp³-hybridized carbons (Fsp3) is 0.632. The Labute approximate surface area is 149 Å². The lowest BCUT2D eigenvalue weighted by atomic mass is 9.88. The van der Waals surface area contributed by atoms with E-state index in [1.54, 1.807) is 12.1 Å². The zero-order valence-electron chi connectivity index (χ0n) is 15.1. The van der Waals surface area contributed by atoms with Crippen LogP contribution in [0.4, 0.5) is 4.39 Å². The van der Waals surface area contributed by atoms with Crippen LogP contribution in [0.3, 0.4) is 0 Å². The predicted octanol–water partition coefficient (Wildman–Crippen LogP) is 3.81. The highest BCUT2D eigenvalue weighted by Crippen LogP contribution is 2.26. The third kappa shape index (κ3) is 4.78. The van der Waals surface area contributed by atoms with Crippen LogP contribution < -0.4 is 0 Å². The third-order valence-electron chi connectivity index (χ3n) is 4.84. The summed E-state index contributed by atoms with van der Waals surface area (Å²) in [6.45, 7) is 12.8. The maximum atomic E-state index is 13.9.